The maximum atomic E-state index is 11.6. The zero-order valence-electron chi connectivity index (χ0n) is 10.7. The molecule has 0 aliphatic carbocycles. The van der Waals surface area contributed by atoms with Crippen LogP contribution >= 0.6 is 0 Å². The maximum absolute atomic E-state index is 11.6. The average Bonchev–Trinajstić information content (AvgIpc) is 2.41. The van der Waals surface area contributed by atoms with E-state index >= 15 is 0 Å². The van der Waals surface area contributed by atoms with Crippen LogP contribution in [0.4, 0.5) is 16.2 Å². The van der Waals surface area contributed by atoms with E-state index in [1.807, 2.05) is 0 Å². The third kappa shape index (κ3) is 3.32. The SMILES string of the molecule is Cc1ccc(NC(=O)Oc2ccccc2)cc1[N+](=O)[O-]. The number of ether oxygens (including phenoxy) is 1. The van der Waals surface area contributed by atoms with Crippen LogP contribution in [-0.2, 0) is 0 Å². The van der Waals surface area contributed by atoms with Gasteiger partial charge in [0, 0.05) is 11.6 Å². The number of amides is 1. The van der Waals surface area contributed by atoms with Crippen LogP contribution in [-0.4, -0.2) is 11.0 Å². The average molecular weight is 272 g/mol. The van der Waals surface area contributed by atoms with Crippen LogP contribution in [0.5, 0.6) is 5.75 Å². The van der Waals surface area contributed by atoms with Crippen molar-refractivity contribution < 1.29 is 14.5 Å². The predicted molar refractivity (Wildman–Crippen MR) is 73.9 cm³/mol. The Bertz CT molecular complexity index is 641. The highest BCUT2D eigenvalue weighted by molar-refractivity contribution is 5.86. The molecule has 0 unspecified atom stereocenters. The number of carbonyl (C=O) groups excluding carboxylic acids is 1. The Morgan fingerprint density at radius 3 is 2.55 bits per heavy atom. The van der Waals surface area contributed by atoms with Gasteiger partial charge in [0.2, 0.25) is 0 Å². The van der Waals surface area contributed by atoms with Crippen LogP contribution < -0.4 is 10.1 Å². The van der Waals surface area contributed by atoms with E-state index in [0.717, 1.165) is 0 Å². The minimum Gasteiger partial charge on any atom is -0.410 e. The summed E-state index contributed by atoms with van der Waals surface area (Å²) >= 11 is 0. The predicted octanol–water partition coefficient (Wildman–Crippen LogP) is 3.51. The van der Waals surface area contributed by atoms with Crippen LogP contribution in [0, 0.1) is 17.0 Å². The van der Waals surface area contributed by atoms with Gasteiger partial charge in [0.05, 0.1) is 10.6 Å². The molecule has 0 aliphatic heterocycles. The van der Waals surface area contributed by atoms with Gasteiger partial charge in [0.25, 0.3) is 5.69 Å². The molecule has 0 fully saturated rings. The number of nitro benzene ring substituents is 1. The van der Waals surface area contributed by atoms with Gasteiger partial charge in [0.1, 0.15) is 5.75 Å². The molecule has 20 heavy (non-hydrogen) atoms. The lowest BCUT2D eigenvalue weighted by molar-refractivity contribution is -0.385. The highest BCUT2D eigenvalue weighted by Crippen LogP contribution is 2.22. The molecular formula is C14H12N2O4. The third-order valence-corrected chi connectivity index (χ3v) is 2.61. The summed E-state index contributed by atoms with van der Waals surface area (Å²) in [6.07, 6.45) is -0.700. The zero-order chi connectivity index (χ0) is 14.5. The molecule has 1 amide bonds. The first-order valence-electron chi connectivity index (χ1n) is 5.85. The fraction of sp³-hybridized carbons (Fsp3) is 0.0714. The molecule has 0 heterocycles. The van der Waals surface area contributed by atoms with Gasteiger partial charge in [0.15, 0.2) is 0 Å². The quantitative estimate of drug-likeness (QED) is 0.684. The summed E-state index contributed by atoms with van der Waals surface area (Å²) in [5.74, 6) is 0.395. The standard InChI is InChI=1S/C14H12N2O4/c1-10-7-8-11(9-13(10)16(18)19)15-14(17)20-12-5-3-2-4-6-12/h2-9H,1H3,(H,15,17). The number of nitrogens with one attached hydrogen (secondary N) is 1. The Morgan fingerprint density at radius 2 is 1.90 bits per heavy atom. The molecule has 0 radical (unpaired) electrons. The van der Waals surface area contributed by atoms with Crippen LogP contribution in [0.2, 0.25) is 0 Å². The van der Waals surface area contributed by atoms with Gasteiger partial charge in [-0.1, -0.05) is 24.3 Å². The van der Waals surface area contributed by atoms with E-state index in [1.54, 1.807) is 49.4 Å². The molecule has 2 aromatic rings. The molecule has 102 valence electrons. The second-order valence-corrected chi connectivity index (χ2v) is 4.09. The van der Waals surface area contributed by atoms with Crippen LogP contribution in [0.15, 0.2) is 48.5 Å². The zero-order valence-corrected chi connectivity index (χ0v) is 10.7. The summed E-state index contributed by atoms with van der Waals surface area (Å²) in [6.45, 7) is 1.63. The lowest BCUT2D eigenvalue weighted by atomic mass is 10.2. The van der Waals surface area contributed by atoms with Crippen LogP contribution in [0.25, 0.3) is 0 Å². The largest absolute Gasteiger partial charge is 0.417 e. The van der Waals surface area contributed by atoms with E-state index in [1.165, 1.54) is 6.07 Å². The monoisotopic (exact) mass is 272 g/mol. The highest BCUT2D eigenvalue weighted by Gasteiger charge is 2.13. The molecule has 6 nitrogen and oxygen atoms in total. The number of hydrogen-bond acceptors (Lipinski definition) is 4. The van der Waals surface area contributed by atoms with E-state index in [0.29, 0.717) is 17.0 Å². The van der Waals surface area contributed by atoms with E-state index in [-0.39, 0.29) is 5.69 Å². The van der Waals surface area contributed by atoms with E-state index in [2.05, 4.69) is 5.32 Å². The topological polar surface area (TPSA) is 81.5 Å². The van der Waals surface area contributed by atoms with Crippen molar-refractivity contribution in [1.29, 1.82) is 0 Å². The molecule has 0 bridgehead atoms. The molecule has 0 spiro atoms. The van der Waals surface area contributed by atoms with Crippen molar-refractivity contribution in [3.63, 3.8) is 0 Å². The molecule has 6 heteroatoms. The van der Waals surface area contributed by atoms with E-state index in [9.17, 15) is 14.9 Å². The molecule has 2 aromatic carbocycles. The van der Waals surface area contributed by atoms with Crippen molar-refractivity contribution in [3.8, 4) is 5.75 Å². The Labute approximate surface area is 115 Å². The van der Waals surface area contributed by atoms with Crippen molar-refractivity contribution >= 4 is 17.5 Å². The van der Waals surface area contributed by atoms with Crippen molar-refractivity contribution in [2.75, 3.05) is 5.32 Å². The second kappa shape index (κ2) is 5.83. The molecule has 0 saturated heterocycles. The summed E-state index contributed by atoms with van der Waals surface area (Å²) < 4.78 is 5.03. The molecule has 0 aliphatic rings. The molecule has 1 N–H and O–H groups in total. The van der Waals surface area contributed by atoms with Gasteiger partial charge in [-0.25, -0.2) is 4.79 Å². The van der Waals surface area contributed by atoms with E-state index in [4.69, 9.17) is 4.74 Å². The number of rotatable bonds is 3. The minimum atomic E-state index is -0.700. The molecular weight excluding hydrogens is 260 g/mol. The normalized spacial score (nSPS) is 9.85. The summed E-state index contributed by atoms with van der Waals surface area (Å²) in [7, 11) is 0. The second-order valence-electron chi connectivity index (χ2n) is 4.09. The third-order valence-electron chi connectivity index (χ3n) is 2.61. The van der Waals surface area contributed by atoms with Gasteiger partial charge in [-0.05, 0) is 25.1 Å². The lowest BCUT2D eigenvalue weighted by Gasteiger charge is -2.07. The van der Waals surface area contributed by atoms with Gasteiger partial charge in [-0.2, -0.15) is 0 Å². The number of benzene rings is 2. The number of carbonyl (C=O) groups is 1. The van der Waals surface area contributed by atoms with Gasteiger partial charge in [-0.3, -0.25) is 15.4 Å². The Balaban J connectivity index is 2.08. The van der Waals surface area contributed by atoms with Crippen molar-refractivity contribution in [2.45, 2.75) is 6.92 Å². The van der Waals surface area contributed by atoms with Crippen LogP contribution in [0.3, 0.4) is 0 Å². The number of anilines is 1. The van der Waals surface area contributed by atoms with Crippen molar-refractivity contribution in [3.05, 3.63) is 64.2 Å². The number of aryl methyl sites for hydroxylation is 1. The van der Waals surface area contributed by atoms with Crippen molar-refractivity contribution in [2.24, 2.45) is 0 Å². The van der Waals surface area contributed by atoms with E-state index < -0.39 is 11.0 Å². The first kappa shape index (κ1) is 13.5. The number of nitrogens with zero attached hydrogens (tertiary/aromatic N) is 1. The molecule has 0 saturated carbocycles. The summed E-state index contributed by atoms with van der Waals surface area (Å²) in [6, 6.07) is 13.0. The molecule has 2 rings (SSSR count). The van der Waals surface area contributed by atoms with Gasteiger partial charge < -0.3 is 4.74 Å². The fourth-order valence-electron chi connectivity index (χ4n) is 1.62. The van der Waals surface area contributed by atoms with Gasteiger partial charge in [-0.15, -0.1) is 0 Å². The smallest absolute Gasteiger partial charge is 0.410 e. The maximum Gasteiger partial charge on any atom is 0.417 e. The number of nitro groups is 1. The first-order chi connectivity index (χ1) is 9.56. The Hall–Kier alpha value is -2.89. The highest BCUT2D eigenvalue weighted by atomic mass is 16.6. The summed E-state index contributed by atoms with van der Waals surface area (Å²) in [4.78, 5) is 22.0. The Kier molecular flexibility index (Phi) is 3.95. The molecule has 0 atom stereocenters. The Morgan fingerprint density at radius 1 is 1.20 bits per heavy atom. The van der Waals surface area contributed by atoms with Crippen molar-refractivity contribution in [1.82, 2.24) is 0 Å². The number of para-hydroxylation sites is 1. The summed E-state index contributed by atoms with van der Waals surface area (Å²) in [5.41, 5.74) is 0.780. The fourth-order valence-corrected chi connectivity index (χ4v) is 1.62. The number of hydrogen-bond donors (Lipinski definition) is 1. The summed E-state index contributed by atoms with van der Waals surface area (Å²) in [5, 5.41) is 13.3. The lowest BCUT2D eigenvalue weighted by Crippen LogP contribution is -2.16. The molecule has 0 aromatic heterocycles. The minimum absolute atomic E-state index is 0.0532. The first-order valence-corrected chi connectivity index (χ1v) is 5.85. The van der Waals surface area contributed by atoms with Crippen LogP contribution in [0.1, 0.15) is 5.56 Å². The van der Waals surface area contributed by atoms with Gasteiger partial charge >= 0.3 is 6.09 Å².